The predicted octanol–water partition coefficient (Wildman–Crippen LogP) is 3.91. The van der Waals surface area contributed by atoms with Crippen molar-refractivity contribution in [1.82, 2.24) is 9.97 Å². The molecule has 1 atom stereocenters. The van der Waals surface area contributed by atoms with Crippen LogP contribution in [0.2, 0.25) is 0 Å². The molecule has 3 nitrogen and oxygen atoms in total. The maximum absolute atomic E-state index is 5.45. The van der Waals surface area contributed by atoms with E-state index < -0.39 is 0 Å². The summed E-state index contributed by atoms with van der Waals surface area (Å²) in [4.78, 5) is 11.0. The van der Waals surface area contributed by atoms with Gasteiger partial charge in [0.2, 0.25) is 0 Å². The van der Waals surface area contributed by atoms with Crippen molar-refractivity contribution in [3.05, 3.63) is 48.0 Å². The smallest absolute Gasteiger partial charge is 0.0495 e. The van der Waals surface area contributed by atoms with E-state index in [9.17, 15) is 0 Å². The lowest BCUT2D eigenvalue weighted by atomic mass is 9.98. The van der Waals surface area contributed by atoms with Gasteiger partial charge < -0.3 is 4.74 Å². The van der Waals surface area contributed by atoms with Gasteiger partial charge in [-0.15, -0.1) is 0 Å². The molecule has 1 saturated heterocycles. The number of pyridine rings is 2. The molecule has 4 heteroatoms. The van der Waals surface area contributed by atoms with E-state index in [1.807, 2.05) is 18.5 Å². The lowest BCUT2D eigenvalue weighted by Crippen LogP contribution is -2.03. The first-order valence-electron chi connectivity index (χ1n) is 7.42. The summed E-state index contributed by atoms with van der Waals surface area (Å²) >= 11 is 1.72. The first-order chi connectivity index (χ1) is 10.3. The van der Waals surface area contributed by atoms with Gasteiger partial charge in [-0.25, -0.2) is 0 Å². The molecule has 3 heterocycles. The molecule has 0 amide bonds. The third-order valence-electron chi connectivity index (χ3n) is 3.88. The lowest BCUT2D eigenvalue weighted by molar-refractivity contribution is 0.184. The van der Waals surface area contributed by atoms with E-state index >= 15 is 0 Å². The third-order valence-corrected chi connectivity index (χ3v) is 4.82. The van der Waals surface area contributed by atoms with Crippen LogP contribution in [0.4, 0.5) is 0 Å². The number of aromatic nitrogens is 2. The minimum Gasteiger partial charge on any atom is -0.381 e. The van der Waals surface area contributed by atoms with Crippen molar-refractivity contribution in [2.75, 3.05) is 13.2 Å². The van der Waals surface area contributed by atoms with Crippen LogP contribution >= 0.6 is 11.8 Å². The van der Waals surface area contributed by atoms with E-state index in [0.717, 1.165) is 36.1 Å². The molecule has 0 saturated carbocycles. The normalized spacial score (nSPS) is 18.0. The maximum Gasteiger partial charge on any atom is 0.0495 e. The van der Waals surface area contributed by atoms with Gasteiger partial charge in [-0.05, 0) is 55.9 Å². The van der Waals surface area contributed by atoms with Crippen molar-refractivity contribution in [1.29, 1.82) is 0 Å². The fourth-order valence-corrected chi connectivity index (χ4v) is 3.42. The van der Waals surface area contributed by atoms with Crippen LogP contribution in [0, 0.1) is 12.8 Å². The molecule has 3 rings (SSSR count). The van der Waals surface area contributed by atoms with Gasteiger partial charge in [-0.1, -0.05) is 11.8 Å². The summed E-state index contributed by atoms with van der Waals surface area (Å²) in [5, 5.41) is 0. The second-order valence-corrected chi connectivity index (χ2v) is 6.62. The van der Waals surface area contributed by atoms with Gasteiger partial charge in [-0.2, -0.15) is 0 Å². The Morgan fingerprint density at radius 2 is 2.29 bits per heavy atom. The van der Waals surface area contributed by atoms with Crippen molar-refractivity contribution in [2.45, 2.75) is 36.0 Å². The summed E-state index contributed by atoms with van der Waals surface area (Å²) in [6.45, 7) is 3.95. The zero-order chi connectivity index (χ0) is 14.5. The Kier molecular flexibility index (Phi) is 4.88. The molecule has 0 N–H and O–H groups in total. The van der Waals surface area contributed by atoms with E-state index in [-0.39, 0.29) is 0 Å². The minimum atomic E-state index is 0.721. The van der Waals surface area contributed by atoms with Gasteiger partial charge in [0.1, 0.15) is 0 Å². The summed E-state index contributed by atoms with van der Waals surface area (Å²) < 4.78 is 5.45. The topological polar surface area (TPSA) is 35.0 Å². The zero-order valence-corrected chi connectivity index (χ0v) is 13.1. The highest BCUT2D eigenvalue weighted by Crippen LogP contribution is 2.28. The van der Waals surface area contributed by atoms with Crippen LogP contribution in [0.25, 0.3) is 0 Å². The summed E-state index contributed by atoms with van der Waals surface area (Å²) in [5.74, 6) is 0.721. The standard InChI is InChI=1S/C17H20N2OS/c1-13-15(5-4-14-6-8-20-12-14)9-17(11-19-13)21-16-3-2-7-18-10-16/h2-3,7,9-11,14H,4-6,8,12H2,1H3. The van der Waals surface area contributed by atoms with Crippen molar-refractivity contribution in [3.63, 3.8) is 0 Å². The highest BCUT2D eigenvalue weighted by Gasteiger charge is 2.16. The summed E-state index contributed by atoms with van der Waals surface area (Å²) in [5.41, 5.74) is 2.50. The Balaban J connectivity index is 1.67. The Labute approximate surface area is 130 Å². The number of hydrogen-bond donors (Lipinski definition) is 0. The van der Waals surface area contributed by atoms with Crippen molar-refractivity contribution in [3.8, 4) is 0 Å². The molecular formula is C17H20N2OS. The van der Waals surface area contributed by atoms with Crippen molar-refractivity contribution >= 4 is 11.8 Å². The van der Waals surface area contributed by atoms with E-state index in [0.29, 0.717) is 0 Å². The second kappa shape index (κ2) is 7.05. The van der Waals surface area contributed by atoms with E-state index in [4.69, 9.17) is 4.74 Å². The van der Waals surface area contributed by atoms with Crippen molar-refractivity contribution in [2.24, 2.45) is 5.92 Å². The van der Waals surface area contributed by atoms with Crippen LogP contribution in [-0.4, -0.2) is 23.2 Å². The average molecular weight is 300 g/mol. The molecule has 1 unspecified atom stereocenters. The van der Waals surface area contributed by atoms with E-state index in [1.165, 1.54) is 23.3 Å². The fourth-order valence-electron chi connectivity index (χ4n) is 2.58. The maximum atomic E-state index is 5.45. The van der Waals surface area contributed by atoms with Crippen LogP contribution in [0.3, 0.4) is 0 Å². The summed E-state index contributed by atoms with van der Waals surface area (Å²) in [7, 11) is 0. The number of ether oxygens (including phenoxy) is 1. The Morgan fingerprint density at radius 1 is 1.33 bits per heavy atom. The summed E-state index contributed by atoms with van der Waals surface area (Å²) in [6.07, 6.45) is 9.14. The molecule has 0 aliphatic carbocycles. The Bertz CT molecular complexity index is 583. The van der Waals surface area contributed by atoms with Crippen molar-refractivity contribution < 1.29 is 4.74 Å². The largest absolute Gasteiger partial charge is 0.381 e. The molecule has 0 spiro atoms. The molecule has 1 fully saturated rings. The van der Waals surface area contributed by atoms with Crippen LogP contribution < -0.4 is 0 Å². The van der Waals surface area contributed by atoms with E-state index in [1.54, 1.807) is 18.0 Å². The lowest BCUT2D eigenvalue weighted by Gasteiger charge is -2.10. The van der Waals surface area contributed by atoms with Gasteiger partial charge in [0.15, 0.2) is 0 Å². The Morgan fingerprint density at radius 3 is 3.05 bits per heavy atom. The van der Waals surface area contributed by atoms with Gasteiger partial charge in [0, 0.05) is 47.3 Å². The number of aryl methyl sites for hydroxylation is 2. The van der Waals surface area contributed by atoms with E-state index in [2.05, 4.69) is 29.0 Å². The van der Waals surface area contributed by atoms with Crippen LogP contribution in [0.1, 0.15) is 24.1 Å². The second-order valence-electron chi connectivity index (χ2n) is 5.47. The molecule has 2 aromatic rings. The molecule has 0 aromatic carbocycles. The molecule has 1 aliphatic rings. The Hall–Kier alpha value is -1.39. The molecule has 21 heavy (non-hydrogen) atoms. The molecule has 0 radical (unpaired) electrons. The predicted molar refractivity (Wildman–Crippen MR) is 84.6 cm³/mol. The fraction of sp³-hybridized carbons (Fsp3) is 0.412. The van der Waals surface area contributed by atoms with Crippen LogP contribution in [-0.2, 0) is 11.2 Å². The van der Waals surface area contributed by atoms with Crippen LogP contribution in [0.5, 0.6) is 0 Å². The number of nitrogens with zero attached hydrogens (tertiary/aromatic N) is 2. The number of rotatable bonds is 5. The molecule has 1 aliphatic heterocycles. The average Bonchev–Trinajstić information content (AvgIpc) is 3.02. The SMILES string of the molecule is Cc1ncc(Sc2cccnc2)cc1CCC1CCOC1. The molecule has 110 valence electrons. The molecule has 0 bridgehead atoms. The zero-order valence-electron chi connectivity index (χ0n) is 12.3. The first-order valence-corrected chi connectivity index (χ1v) is 8.24. The molecular weight excluding hydrogens is 280 g/mol. The first kappa shape index (κ1) is 14.5. The third kappa shape index (κ3) is 4.05. The monoisotopic (exact) mass is 300 g/mol. The molecule has 2 aromatic heterocycles. The highest BCUT2D eigenvalue weighted by molar-refractivity contribution is 7.99. The minimum absolute atomic E-state index is 0.721. The van der Waals surface area contributed by atoms with Gasteiger partial charge in [0.25, 0.3) is 0 Å². The number of hydrogen-bond acceptors (Lipinski definition) is 4. The van der Waals surface area contributed by atoms with Gasteiger partial charge >= 0.3 is 0 Å². The summed E-state index contributed by atoms with van der Waals surface area (Å²) in [6, 6.07) is 6.31. The van der Waals surface area contributed by atoms with Gasteiger partial charge in [0.05, 0.1) is 0 Å². The highest BCUT2D eigenvalue weighted by atomic mass is 32.2. The quantitative estimate of drug-likeness (QED) is 0.838. The van der Waals surface area contributed by atoms with Crippen LogP contribution in [0.15, 0.2) is 46.6 Å². The van der Waals surface area contributed by atoms with Gasteiger partial charge in [-0.3, -0.25) is 9.97 Å².